The zero-order valence-corrected chi connectivity index (χ0v) is 35.7. The van der Waals surface area contributed by atoms with Crippen molar-refractivity contribution in [2.75, 3.05) is 37.8 Å². The lowest BCUT2D eigenvalue weighted by atomic mass is 9.87. The van der Waals surface area contributed by atoms with Gasteiger partial charge in [0, 0.05) is 30.7 Å². The number of imidazole rings is 1. The van der Waals surface area contributed by atoms with Gasteiger partial charge in [-0.25, -0.2) is 28.6 Å². The molecule has 1 saturated heterocycles. The summed E-state index contributed by atoms with van der Waals surface area (Å²) in [6.45, 7) is 2.59. The van der Waals surface area contributed by atoms with Gasteiger partial charge in [0.2, 0.25) is 16.9 Å². The van der Waals surface area contributed by atoms with Crippen molar-refractivity contribution in [3.63, 3.8) is 0 Å². The van der Waals surface area contributed by atoms with E-state index in [4.69, 9.17) is 19.5 Å². The lowest BCUT2D eigenvalue weighted by Crippen LogP contribution is -2.46. The van der Waals surface area contributed by atoms with Gasteiger partial charge < -0.3 is 50.9 Å². The van der Waals surface area contributed by atoms with Crippen LogP contribution >= 0.6 is 35.2 Å². The molecule has 3 heterocycles. The maximum Gasteiger partial charge on any atom is 0.481 e. The third-order valence-corrected chi connectivity index (χ3v) is 12.1. The number of carbonyl (C=O) groups is 3. The summed E-state index contributed by atoms with van der Waals surface area (Å²) < 4.78 is 62.2. The molecule has 1 aliphatic rings. The SMILES string of the molecule is CCCCC/C=C/C=C/C(=O)SCCNC(=O)CCNC(=O)C(O)C(C)(C)COP(=O)(O)OP(=O)(O)OC[C@H]1O[C@@H](n2cnc3c(N)ncnc32)[C@H](O)[C@@H]1OP(=O)(O)O. The number of aliphatic hydroxyl groups excluding tert-OH is 2. The Bertz CT molecular complexity index is 1950. The second-order valence-corrected chi connectivity index (χ2v) is 18.9. The van der Waals surface area contributed by atoms with Crippen LogP contribution in [-0.2, 0) is 50.7 Å². The minimum Gasteiger partial charge on any atom is -0.386 e. The summed E-state index contributed by atoms with van der Waals surface area (Å²) in [4.78, 5) is 87.6. The molecule has 0 aliphatic carbocycles. The van der Waals surface area contributed by atoms with Gasteiger partial charge in [-0.2, -0.15) is 4.31 Å². The number of allylic oxidation sites excluding steroid dienone is 3. The van der Waals surface area contributed by atoms with E-state index in [1.807, 2.05) is 12.2 Å². The smallest absolute Gasteiger partial charge is 0.386 e. The summed E-state index contributed by atoms with van der Waals surface area (Å²) in [5.74, 6) is -1.15. The number of hydrogen-bond donors (Lipinski definition) is 9. The first-order chi connectivity index (χ1) is 27.6. The van der Waals surface area contributed by atoms with Crippen molar-refractivity contribution in [2.24, 2.45) is 5.41 Å². The fraction of sp³-hybridized carbons (Fsp3) is 0.613. The molecule has 0 bridgehead atoms. The zero-order chi connectivity index (χ0) is 44.0. The molecule has 332 valence electrons. The van der Waals surface area contributed by atoms with E-state index >= 15 is 0 Å². The van der Waals surface area contributed by atoms with Gasteiger partial charge >= 0.3 is 23.5 Å². The number of nitrogens with zero attached hydrogens (tertiary/aromatic N) is 4. The van der Waals surface area contributed by atoms with E-state index in [-0.39, 0.29) is 41.6 Å². The monoisotopic (exact) mass is 917 g/mol. The van der Waals surface area contributed by atoms with E-state index in [1.165, 1.54) is 19.9 Å². The number of fused-ring (bicyclic) bond motifs is 1. The number of nitrogens with one attached hydrogen (secondary N) is 2. The van der Waals surface area contributed by atoms with Crippen LogP contribution < -0.4 is 16.4 Å². The van der Waals surface area contributed by atoms with Crippen molar-refractivity contribution in [1.29, 1.82) is 0 Å². The molecule has 7 atom stereocenters. The molecule has 3 unspecified atom stereocenters. The van der Waals surface area contributed by atoms with E-state index in [0.717, 1.165) is 54.7 Å². The Morgan fingerprint density at radius 3 is 2.46 bits per heavy atom. The molecule has 1 aliphatic heterocycles. The average molecular weight is 918 g/mol. The van der Waals surface area contributed by atoms with Crippen LogP contribution in [0.2, 0.25) is 0 Å². The maximum atomic E-state index is 12.7. The van der Waals surface area contributed by atoms with Crippen molar-refractivity contribution >= 4 is 69.1 Å². The summed E-state index contributed by atoms with van der Waals surface area (Å²) in [7, 11) is -16.4. The van der Waals surface area contributed by atoms with Crippen LogP contribution in [0.1, 0.15) is 59.1 Å². The van der Waals surface area contributed by atoms with Gasteiger partial charge in [-0.3, -0.25) is 32.5 Å². The van der Waals surface area contributed by atoms with Crippen LogP contribution in [0.15, 0.2) is 37.0 Å². The second kappa shape index (κ2) is 22.8. The lowest BCUT2D eigenvalue weighted by Gasteiger charge is -2.30. The number of nitrogen functional groups attached to an aromatic ring is 1. The molecule has 28 heteroatoms. The van der Waals surface area contributed by atoms with Gasteiger partial charge in [0.05, 0.1) is 19.5 Å². The molecule has 0 aromatic carbocycles. The first-order valence-electron chi connectivity index (χ1n) is 17.9. The van der Waals surface area contributed by atoms with Crippen molar-refractivity contribution in [3.8, 4) is 0 Å². The number of nitrogens with two attached hydrogens (primary N) is 1. The molecule has 0 saturated carbocycles. The fourth-order valence-electron chi connectivity index (χ4n) is 5.15. The number of carbonyl (C=O) groups excluding carboxylic acids is 3. The number of anilines is 1. The summed E-state index contributed by atoms with van der Waals surface area (Å²) in [6, 6.07) is 0. The number of amides is 2. The first kappa shape index (κ1) is 50.4. The Labute approximate surface area is 342 Å². The molecule has 10 N–H and O–H groups in total. The molecular weight excluding hydrogens is 867 g/mol. The highest BCUT2D eigenvalue weighted by atomic mass is 32.2. The summed E-state index contributed by atoms with van der Waals surface area (Å²) in [5, 5.41) is 26.2. The van der Waals surface area contributed by atoms with Gasteiger partial charge in [-0.05, 0) is 18.9 Å². The number of rotatable bonds is 25. The van der Waals surface area contributed by atoms with Crippen LogP contribution in [0, 0.1) is 5.41 Å². The number of hydrogen-bond acceptors (Lipinski definition) is 18. The van der Waals surface area contributed by atoms with E-state index in [2.05, 4.69) is 41.3 Å². The summed E-state index contributed by atoms with van der Waals surface area (Å²) in [5.41, 5.74) is 4.26. The van der Waals surface area contributed by atoms with Crippen molar-refractivity contribution < 1.29 is 80.5 Å². The number of unbranched alkanes of at least 4 members (excludes halogenated alkanes) is 3. The topological polar surface area (TPSA) is 364 Å². The van der Waals surface area contributed by atoms with Crippen LogP contribution in [0.25, 0.3) is 11.2 Å². The number of aromatic nitrogens is 4. The van der Waals surface area contributed by atoms with Crippen molar-refractivity contribution in [3.05, 3.63) is 37.0 Å². The van der Waals surface area contributed by atoms with Gasteiger partial charge in [-0.1, -0.05) is 63.6 Å². The highest BCUT2D eigenvalue weighted by molar-refractivity contribution is 8.14. The number of thioether (sulfide) groups is 1. The standard InChI is InChI=1S/C31H50N7O17P3S/c1-4-5-6-7-8-9-10-11-22(40)59-15-14-33-21(39)12-13-34-29(43)26(42)31(2,3)17-52-58(49,50)55-57(47,48)51-16-20-25(54-56(44,45)46)24(41)30(53-20)38-19-37-23-27(32)35-18-36-28(23)38/h8-11,18-20,24-26,30,41-42H,4-7,12-17H2,1-3H3,(H,33,39)(H,34,43)(H,47,48)(H,49,50)(H2,32,35,36)(H2,44,45,46)/b9-8+,11-10+/t20-,24-,25-,26?,30-/m1/s1. The number of aliphatic hydroxyl groups is 2. The Hall–Kier alpha value is -2.96. The van der Waals surface area contributed by atoms with Crippen LogP contribution in [0.4, 0.5) is 5.82 Å². The van der Waals surface area contributed by atoms with Crippen LogP contribution in [-0.4, -0.2) is 123 Å². The molecule has 3 rings (SSSR count). The Morgan fingerprint density at radius 2 is 1.76 bits per heavy atom. The van der Waals surface area contributed by atoms with Gasteiger partial charge in [0.25, 0.3) is 0 Å². The van der Waals surface area contributed by atoms with E-state index in [9.17, 15) is 57.9 Å². The number of ether oxygens (including phenoxy) is 1. The van der Waals surface area contributed by atoms with E-state index < -0.39 is 84.6 Å². The second-order valence-electron chi connectivity index (χ2n) is 13.5. The third kappa shape index (κ3) is 16.8. The maximum absolute atomic E-state index is 12.7. The highest BCUT2D eigenvalue weighted by Gasteiger charge is 2.50. The van der Waals surface area contributed by atoms with Gasteiger partial charge in [-0.15, -0.1) is 0 Å². The Kier molecular flexibility index (Phi) is 19.4. The van der Waals surface area contributed by atoms with Crippen molar-refractivity contribution in [2.45, 2.75) is 83.5 Å². The minimum atomic E-state index is -5.57. The largest absolute Gasteiger partial charge is 0.481 e. The van der Waals surface area contributed by atoms with E-state index in [1.54, 1.807) is 6.08 Å². The molecule has 0 spiro atoms. The molecule has 1 fully saturated rings. The van der Waals surface area contributed by atoms with Gasteiger partial charge in [0.1, 0.15) is 36.3 Å². The first-order valence-corrected chi connectivity index (χ1v) is 23.5. The Morgan fingerprint density at radius 1 is 1.05 bits per heavy atom. The Balaban J connectivity index is 1.44. The lowest BCUT2D eigenvalue weighted by molar-refractivity contribution is -0.137. The van der Waals surface area contributed by atoms with Gasteiger partial charge in [0.15, 0.2) is 17.7 Å². The molecule has 2 amide bonds. The summed E-state index contributed by atoms with van der Waals surface area (Å²) in [6.07, 6.45) is 4.28. The predicted octanol–water partition coefficient (Wildman–Crippen LogP) is 1.36. The van der Waals surface area contributed by atoms with Crippen LogP contribution in [0.3, 0.4) is 0 Å². The number of phosphoric ester groups is 3. The molecule has 2 aromatic rings. The normalized spacial score (nSPS) is 21.4. The van der Waals surface area contributed by atoms with E-state index in [0.29, 0.717) is 5.75 Å². The zero-order valence-electron chi connectivity index (χ0n) is 32.2. The highest BCUT2D eigenvalue weighted by Crippen LogP contribution is 2.61. The number of phosphoric acid groups is 3. The molecule has 2 aromatic heterocycles. The fourth-order valence-corrected chi connectivity index (χ4v) is 8.56. The quantitative estimate of drug-likeness (QED) is 0.0294. The minimum absolute atomic E-state index is 0.0300. The molecule has 24 nitrogen and oxygen atoms in total. The van der Waals surface area contributed by atoms with Crippen LogP contribution in [0.5, 0.6) is 0 Å². The molecule has 59 heavy (non-hydrogen) atoms. The predicted molar refractivity (Wildman–Crippen MR) is 210 cm³/mol. The third-order valence-electron chi connectivity index (χ3n) is 8.20. The molecule has 0 radical (unpaired) electrons. The summed E-state index contributed by atoms with van der Waals surface area (Å²) >= 11 is 1.02. The van der Waals surface area contributed by atoms with Crippen molar-refractivity contribution in [1.82, 2.24) is 30.2 Å². The molecular formula is C31H50N7O17P3S. The average Bonchev–Trinajstić information content (AvgIpc) is 3.71.